The van der Waals surface area contributed by atoms with E-state index in [2.05, 4.69) is 31.6 Å². The van der Waals surface area contributed by atoms with E-state index in [1.54, 1.807) is 0 Å². The summed E-state index contributed by atoms with van der Waals surface area (Å²) >= 11 is 0. The van der Waals surface area contributed by atoms with Gasteiger partial charge in [0.05, 0.1) is 0 Å². The Balaban J connectivity index is 3.54. The highest BCUT2D eigenvalue weighted by Crippen LogP contribution is 2.13. The van der Waals surface area contributed by atoms with Gasteiger partial charge in [-0.1, -0.05) is 58.3 Å². The third kappa shape index (κ3) is 13.4. The van der Waals surface area contributed by atoms with Crippen LogP contribution in [0, 0.1) is 30.1 Å². The molecule has 1 unspecified atom stereocenters. The van der Waals surface area contributed by atoms with E-state index in [4.69, 9.17) is 6.42 Å². The topological polar surface area (TPSA) is 0 Å². The van der Waals surface area contributed by atoms with E-state index < -0.39 is 0 Å². The molecule has 0 spiro atoms. The van der Waals surface area contributed by atoms with Gasteiger partial charge in [-0.15, -0.1) is 18.3 Å². The van der Waals surface area contributed by atoms with Gasteiger partial charge in [0.15, 0.2) is 0 Å². The fourth-order valence-electron chi connectivity index (χ4n) is 2.21. The highest BCUT2D eigenvalue weighted by atomic mass is 14.0. The molecule has 0 aliphatic heterocycles. The Labute approximate surface area is 121 Å². The number of rotatable bonds is 11. The van der Waals surface area contributed by atoms with Crippen molar-refractivity contribution in [1.82, 2.24) is 0 Å². The minimum absolute atomic E-state index is 0.612. The summed E-state index contributed by atoms with van der Waals surface area (Å²) in [6, 6.07) is 0. The molecule has 0 N–H and O–H groups in total. The summed E-state index contributed by atoms with van der Waals surface area (Å²) in [6.45, 7) is 4.51. The van der Waals surface area contributed by atoms with Crippen LogP contribution < -0.4 is 0 Å². The largest absolute Gasteiger partial charge is 0.120 e. The first-order chi connectivity index (χ1) is 9.35. The molecule has 0 bridgehead atoms. The van der Waals surface area contributed by atoms with Gasteiger partial charge >= 0.3 is 0 Å². The second kappa shape index (κ2) is 15.2. The van der Waals surface area contributed by atoms with Gasteiger partial charge in [0.1, 0.15) is 0 Å². The first-order valence-electron chi connectivity index (χ1n) is 8.27. The summed E-state index contributed by atoms with van der Waals surface area (Å²) in [7, 11) is 0. The van der Waals surface area contributed by atoms with Crippen molar-refractivity contribution in [3.8, 4) is 24.2 Å². The second-order valence-corrected chi connectivity index (χ2v) is 5.39. The lowest BCUT2D eigenvalue weighted by molar-refractivity contribution is 0.535. The third-order valence-electron chi connectivity index (χ3n) is 3.58. The van der Waals surface area contributed by atoms with Crippen molar-refractivity contribution < 1.29 is 0 Å². The maximum absolute atomic E-state index is 5.25. The Kier molecular flexibility index (Phi) is 14.5. The first kappa shape index (κ1) is 18.1. The maximum atomic E-state index is 5.25. The fraction of sp³-hybridized carbons (Fsp3) is 0.789. The Morgan fingerprint density at radius 2 is 1.53 bits per heavy atom. The molecule has 108 valence electrons. The molecule has 0 heteroatoms. The Morgan fingerprint density at radius 1 is 0.842 bits per heavy atom. The first-order valence-corrected chi connectivity index (χ1v) is 8.27. The zero-order valence-electron chi connectivity index (χ0n) is 13.1. The lowest BCUT2D eigenvalue weighted by Crippen LogP contribution is -1.95. The van der Waals surface area contributed by atoms with Gasteiger partial charge in [0.2, 0.25) is 0 Å². The molecule has 0 aromatic heterocycles. The van der Waals surface area contributed by atoms with Crippen molar-refractivity contribution in [2.24, 2.45) is 5.92 Å². The predicted octanol–water partition coefficient (Wildman–Crippen LogP) is 5.96. The number of hydrogen-bond donors (Lipinski definition) is 0. The van der Waals surface area contributed by atoms with Crippen LogP contribution in [0.1, 0.15) is 90.9 Å². The molecule has 0 fully saturated rings. The van der Waals surface area contributed by atoms with E-state index in [0.717, 1.165) is 12.8 Å². The van der Waals surface area contributed by atoms with Crippen LogP contribution in [0.15, 0.2) is 0 Å². The van der Waals surface area contributed by atoms with Gasteiger partial charge in [0, 0.05) is 18.8 Å². The van der Waals surface area contributed by atoms with Crippen molar-refractivity contribution in [2.45, 2.75) is 90.9 Å². The van der Waals surface area contributed by atoms with Crippen LogP contribution in [-0.4, -0.2) is 0 Å². The van der Waals surface area contributed by atoms with Crippen molar-refractivity contribution in [3.63, 3.8) is 0 Å². The van der Waals surface area contributed by atoms with Gasteiger partial charge in [-0.3, -0.25) is 0 Å². The molecule has 0 aliphatic rings. The van der Waals surface area contributed by atoms with E-state index in [-0.39, 0.29) is 0 Å². The summed E-state index contributed by atoms with van der Waals surface area (Å²) in [5.74, 6) is 10.2. The van der Waals surface area contributed by atoms with Gasteiger partial charge in [-0.2, -0.15) is 0 Å². The SMILES string of the molecule is C#CCCCCCC(C#CCCCCCCC)CC. The van der Waals surface area contributed by atoms with Crippen molar-refractivity contribution >= 4 is 0 Å². The minimum Gasteiger partial charge on any atom is -0.120 e. The van der Waals surface area contributed by atoms with Crippen LogP contribution in [0.25, 0.3) is 0 Å². The Hall–Kier alpha value is -0.880. The molecule has 0 aromatic carbocycles. The smallest absolute Gasteiger partial charge is 0.0200 e. The Bertz CT molecular complexity index is 271. The molecule has 0 amide bonds. The van der Waals surface area contributed by atoms with Crippen LogP contribution in [0.4, 0.5) is 0 Å². The molecule has 0 radical (unpaired) electrons. The zero-order chi connectivity index (χ0) is 14.2. The van der Waals surface area contributed by atoms with Crippen LogP contribution in [-0.2, 0) is 0 Å². The summed E-state index contributed by atoms with van der Waals surface area (Å²) in [5, 5.41) is 0. The molecule has 0 aromatic rings. The average molecular weight is 260 g/mol. The molecule has 1 atom stereocenters. The third-order valence-corrected chi connectivity index (χ3v) is 3.58. The molecular weight excluding hydrogens is 228 g/mol. The molecule has 0 saturated heterocycles. The standard InChI is InChI=1S/C19H32/c1-4-7-9-11-12-14-16-18-19(6-3)17-15-13-10-8-5-2/h2,19H,4,6-15,17H2,1,3H3. The second-order valence-electron chi connectivity index (χ2n) is 5.39. The van der Waals surface area contributed by atoms with Crippen LogP contribution in [0.5, 0.6) is 0 Å². The van der Waals surface area contributed by atoms with Gasteiger partial charge in [-0.25, -0.2) is 0 Å². The highest BCUT2D eigenvalue weighted by molar-refractivity contribution is 5.03. The molecule has 19 heavy (non-hydrogen) atoms. The van der Waals surface area contributed by atoms with E-state index >= 15 is 0 Å². The van der Waals surface area contributed by atoms with Crippen LogP contribution in [0.3, 0.4) is 0 Å². The molecular formula is C19H32. The predicted molar refractivity (Wildman–Crippen MR) is 86.9 cm³/mol. The van der Waals surface area contributed by atoms with Crippen LogP contribution >= 0.6 is 0 Å². The average Bonchev–Trinajstić information content (AvgIpc) is 2.44. The van der Waals surface area contributed by atoms with Gasteiger partial charge < -0.3 is 0 Å². The Morgan fingerprint density at radius 3 is 2.21 bits per heavy atom. The van der Waals surface area contributed by atoms with Gasteiger partial charge in [-0.05, 0) is 25.7 Å². The summed E-state index contributed by atoms with van der Waals surface area (Å²) in [6.07, 6.45) is 20.2. The van der Waals surface area contributed by atoms with Crippen molar-refractivity contribution in [2.75, 3.05) is 0 Å². The van der Waals surface area contributed by atoms with E-state index in [0.29, 0.717) is 5.92 Å². The number of hydrogen-bond acceptors (Lipinski definition) is 0. The molecule has 0 saturated carbocycles. The maximum Gasteiger partial charge on any atom is 0.0200 e. The number of terminal acetylenes is 1. The van der Waals surface area contributed by atoms with Crippen LogP contribution in [0.2, 0.25) is 0 Å². The normalized spacial score (nSPS) is 11.4. The lowest BCUT2D eigenvalue weighted by Gasteiger charge is -2.06. The van der Waals surface area contributed by atoms with Crippen molar-refractivity contribution in [3.05, 3.63) is 0 Å². The minimum atomic E-state index is 0.612. The molecule has 0 rings (SSSR count). The fourth-order valence-corrected chi connectivity index (χ4v) is 2.21. The van der Waals surface area contributed by atoms with Gasteiger partial charge in [0.25, 0.3) is 0 Å². The summed E-state index contributed by atoms with van der Waals surface area (Å²) in [4.78, 5) is 0. The summed E-state index contributed by atoms with van der Waals surface area (Å²) in [5.41, 5.74) is 0. The molecule has 0 heterocycles. The molecule has 0 aliphatic carbocycles. The molecule has 0 nitrogen and oxygen atoms in total. The monoisotopic (exact) mass is 260 g/mol. The zero-order valence-corrected chi connectivity index (χ0v) is 13.1. The van der Waals surface area contributed by atoms with E-state index in [1.165, 1.54) is 64.2 Å². The van der Waals surface area contributed by atoms with Crippen molar-refractivity contribution in [1.29, 1.82) is 0 Å². The quantitative estimate of drug-likeness (QED) is 0.317. The van der Waals surface area contributed by atoms with E-state index in [1.807, 2.05) is 0 Å². The summed E-state index contributed by atoms with van der Waals surface area (Å²) < 4.78 is 0. The van der Waals surface area contributed by atoms with E-state index in [9.17, 15) is 0 Å². The highest BCUT2D eigenvalue weighted by Gasteiger charge is 2.01. The number of unbranched alkanes of at least 4 members (excludes halogenated alkanes) is 8. The lowest BCUT2D eigenvalue weighted by atomic mass is 9.98.